The quantitative estimate of drug-likeness (QED) is 0.293. The van der Waals surface area contributed by atoms with E-state index in [0.717, 1.165) is 0 Å². The Hall–Kier alpha value is -3.72. The molecule has 0 radical (unpaired) electrons. The standard InChI is InChI=1S/C24H21ClF2N4O3/c1-3-34-21-9-15(8-19(25)22(21)14-5-4-6-17(27)7-14)24(32)30(2)12-16-13-31(33)20(10-26)18-11-28-29-23(16)18/h4-9,11,13,33H,3,10,12H2,1-2H3/p+1. The van der Waals surface area contributed by atoms with Gasteiger partial charge in [0.1, 0.15) is 11.6 Å². The number of ether oxygens (including phenoxy) is 1. The number of benzene rings is 2. The van der Waals surface area contributed by atoms with Crippen molar-refractivity contribution in [3.05, 3.63) is 76.5 Å². The van der Waals surface area contributed by atoms with Gasteiger partial charge >= 0.3 is 0 Å². The predicted octanol–water partition coefficient (Wildman–Crippen LogP) is 4.69. The van der Waals surface area contributed by atoms with Crippen LogP contribution in [0.4, 0.5) is 8.78 Å². The lowest BCUT2D eigenvalue weighted by Crippen LogP contribution is -2.36. The van der Waals surface area contributed by atoms with Crippen LogP contribution in [-0.4, -0.2) is 39.9 Å². The Morgan fingerprint density at radius 2 is 2.12 bits per heavy atom. The molecule has 0 spiro atoms. The van der Waals surface area contributed by atoms with E-state index in [9.17, 15) is 18.8 Å². The van der Waals surface area contributed by atoms with Gasteiger partial charge in [0.2, 0.25) is 6.20 Å². The maximum atomic E-state index is 13.8. The molecule has 0 aliphatic rings. The van der Waals surface area contributed by atoms with Crippen LogP contribution in [0, 0.1) is 5.82 Å². The van der Waals surface area contributed by atoms with E-state index in [-0.39, 0.29) is 28.7 Å². The smallest absolute Gasteiger partial charge is 0.275 e. The zero-order valence-corrected chi connectivity index (χ0v) is 19.2. The Kier molecular flexibility index (Phi) is 6.65. The second-order valence-corrected chi connectivity index (χ2v) is 8.08. The first kappa shape index (κ1) is 23.4. The number of amides is 1. The summed E-state index contributed by atoms with van der Waals surface area (Å²) in [6, 6.07) is 9.03. The van der Waals surface area contributed by atoms with Crippen molar-refractivity contribution in [1.82, 2.24) is 15.1 Å². The lowest BCUT2D eigenvalue weighted by molar-refractivity contribution is -0.909. The molecular formula is C24H22ClF2N4O3+. The minimum absolute atomic E-state index is 0.0579. The molecule has 4 aromatic rings. The number of carbonyl (C=O) groups excluding carboxylic acids is 1. The van der Waals surface area contributed by atoms with Gasteiger partial charge in [0.05, 0.1) is 40.8 Å². The number of nitrogens with one attached hydrogen (secondary N) is 1. The number of hydrogen-bond donors (Lipinski definition) is 2. The predicted molar refractivity (Wildman–Crippen MR) is 122 cm³/mol. The highest BCUT2D eigenvalue weighted by Crippen LogP contribution is 2.38. The van der Waals surface area contributed by atoms with Crippen LogP contribution < -0.4 is 9.47 Å². The number of rotatable bonds is 7. The molecule has 10 heteroatoms. The zero-order chi connectivity index (χ0) is 24.4. The number of carbonyl (C=O) groups is 1. The number of pyridine rings is 1. The molecule has 2 aromatic carbocycles. The van der Waals surface area contributed by atoms with Crippen molar-refractivity contribution in [2.45, 2.75) is 20.1 Å². The van der Waals surface area contributed by atoms with Gasteiger partial charge in [-0.1, -0.05) is 23.7 Å². The minimum Gasteiger partial charge on any atom is -0.493 e. The van der Waals surface area contributed by atoms with Crippen LogP contribution in [0.1, 0.15) is 28.5 Å². The first-order valence-electron chi connectivity index (χ1n) is 10.5. The summed E-state index contributed by atoms with van der Waals surface area (Å²) in [7, 11) is 1.59. The van der Waals surface area contributed by atoms with Crippen LogP contribution in [0.3, 0.4) is 0 Å². The van der Waals surface area contributed by atoms with E-state index >= 15 is 0 Å². The molecule has 0 fully saturated rings. The third-order valence-electron chi connectivity index (χ3n) is 5.42. The maximum absolute atomic E-state index is 13.8. The lowest BCUT2D eigenvalue weighted by Gasteiger charge is -2.19. The summed E-state index contributed by atoms with van der Waals surface area (Å²) >= 11 is 6.53. The highest BCUT2D eigenvalue weighted by atomic mass is 35.5. The number of fused-ring (bicyclic) bond motifs is 1. The average molecular weight is 488 g/mol. The van der Waals surface area contributed by atoms with Crippen molar-refractivity contribution in [2.75, 3.05) is 13.7 Å². The Labute approximate surface area is 199 Å². The summed E-state index contributed by atoms with van der Waals surface area (Å²) in [5.41, 5.74) is 2.41. The molecule has 0 aliphatic heterocycles. The van der Waals surface area contributed by atoms with Gasteiger partial charge in [-0.25, -0.2) is 8.78 Å². The molecule has 1 amide bonds. The Bertz CT molecular complexity index is 1380. The topological polar surface area (TPSA) is 82.3 Å². The molecule has 0 saturated carbocycles. The maximum Gasteiger partial charge on any atom is 0.275 e. The van der Waals surface area contributed by atoms with E-state index in [4.69, 9.17) is 16.3 Å². The van der Waals surface area contributed by atoms with Crippen LogP contribution in [0.25, 0.3) is 22.0 Å². The molecule has 2 aromatic heterocycles. The monoisotopic (exact) mass is 487 g/mol. The Morgan fingerprint density at radius 3 is 2.82 bits per heavy atom. The van der Waals surface area contributed by atoms with Gasteiger partial charge < -0.3 is 9.64 Å². The molecule has 0 aliphatic carbocycles. The Morgan fingerprint density at radius 1 is 1.32 bits per heavy atom. The van der Waals surface area contributed by atoms with Gasteiger partial charge in [0.15, 0.2) is 6.67 Å². The van der Waals surface area contributed by atoms with Gasteiger partial charge in [0, 0.05) is 22.9 Å². The summed E-state index contributed by atoms with van der Waals surface area (Å²) in [4.78, 5) is 14.7. The lowest BCUT2D eigenvalue weighted by atomic mass is 10.0. The SMILES string of the molecule is CCOc1cc(C(=O)N(C)Cc2c[n+](O)c(CF)c3cn[nH]c23)cc(Cl)c1-c1cccc(F)c1. The van der Waals surface area contributed by atoms with Crippen LogP contribution in [0.15, 0.2) is 48.8 Å². The van der Waals surface area contributed by atoms with Crippen LogP contribution in [-0.2, 0) is 13.2 Å². The largest absolute Gasteiger partial charge is 0.493 e. The third-order valence-corrected chi connectivity index (χ3v) is 5.72. The fraction of sp³-hybridized carbons (Fsp3) is 0.208. The van der Waals surface area contributed by atoms with E-state index in [1.54, 1.807) is 32.2 Å². The summed E-state index contributed by atoms with van der Waals surface area (Å²) in [5, 5.41) is 17.5. The van der Waals surface area contributed by atoms with Crippen molar-refractivity contribution < 1.29 is 28.2 Å². The van der Waals surface area contributed by atoms with E-state index in [2.05, 4.69) is 10.2 Å². The number of alkyl halides is 1. The highest BCUT2D eigenvalue weighted by molar-refractivity contribution is 6.34. The molecule has 2 N–H and O–H groups in total. The fourth-order valence-corrected chi connectivity index (χ4v) is 4.18. The third kappa shape index (κ3) is 4.38. The number of halogens is 3. The number of nitrogens with zero attached hydrogens (tertiary/aromatic N) is 3. The summed E-state index contributed by atoms with van der Waals surface area (Å²) in [6.07, 6.45) is 2.76. The zero-order valence-electron chi connectivity index (χ0n) is 18.5. The van der Waals surface area contributed by atoms with Gasteiger partial charge in [-0.05, 0) is 36.8 Å². The highest BCUT2D eigenvalue weighted by Gasteiger charge is 2.24. The van der Waals surface area contributed by atoms with Crippen molar-refractivity contribution in [2.24, 2.45) is 0 Å². The van der Waals surface area contributed by atoms with E-state index in [1.807, 2.05) is 0 Å². The van der Waals surface area contributed by atoms with E-state index < -0.39 is 12.5 Å². The molecule has 0 saturated heterocycles. The molecule has 0 bridgehead atoms. The number of aromatic amines is 1. The molecular weight excluding hydrogens is 466 g/mol. The molecule has 0 atom stereocenters. The summed E-state index contributed by atoms with van der Waals surface area (Å²) in [5.74, 6) is -0.421. The molecule has 176 valence electrons. The van der Waals surface area contributed by atoms with E-state index in [0.29, 0.717) is 44.7 Å². The van der Waals surface area contributed by atoms with Gasteiger partial charge in [0.25, 0.3) is 11.6 Å². The van der Waals surface area contributed by atoms with Crippen LogP contribution >= 0.6 is 11.6 Å². The van der Waals surface area contributed by atoms with Crippen molar-refractivity contribution in [3.63, 3.8) is 0 Å². The molecule has 7 nitrogen and oxygen atoms in total. The summed E-state index contributed by atoms with van der Waals surface area (Å²) < 4.78 is 33.5. The number of hydrogen-bond acceptors (Lipinski definition) is 4. The minimum atomic E-state index is -0.877. The first-order chi connectivity index (χ1) is 16.3. The molecule has 2 heterocycles. The second-order valence-electron chi connectivity index (χ2n) is 7.67. The van der Waals surface area contributed by atoms with Crippen molar-refractivity contribution in [1.29, 1.82) is 0 Å². The average Bonchev–Trinajstić information content (AvgIpc) is 3.28. The van der Waals surface area contributed by atoms with Gasteiger partial charge in [-0.2, -0.15) is 5.10 Å². The molecule has 4 rings (SSSR count). The van der Waals surface area contributed by atoms with Crippen LogP contribution in [0.5, 0.6) is 5.75 Å². The number of H-pyrrole nitrogens is 1. The van der Waals surface area contributed by atoms with Crippen molar-refractivity contribution in [3.8, 4) is 16.9 Å². The fourth-order valence-electron chi connectivity index (χ4n) is 3.86. The normalized spacial score (nSPS) is 11.1. The molecule has 0 unspecified atom stereocenters. The number of aromatic nitrogens is 3. The van der Waals surface area contributed by atoms with E-state index in [1.165, 1.54) is 35.5 Å². The Balaban J connectivity index is 1.68. The van der Waals surface area contributed by atoms with Crippen molar-refractivity contribution >= 4 is 28.4 Å². The van der Waals surface area contributed by atoms with Gasteiger partial charge in [-0.15, -0.1) is 0 Å². The first-order valence-corrected chi connectivity index (χ1v) is 10.8. The second kappa shape index (κ2) is 9.64. The van der Waals surface area contributed by atoms with Crippen LogP contribution in [0.2, 0.25) is 5.02 Å². The summed E-state index contributed by atoms with van der Waals surface area (Å²) in [6.45, 7) is 1.34. The molecule has 34 heavy (non-hydrogen) atoms. The van der Waals surface area contributed by atoms with Gasteiger partial charge in [-0.3, -0.25) is 15.1 Å².